The summed E-state index contributed by atoms with van der Waals surface area (Å²) in [6, 6.07) is 0. The minimum Gasteiger partial charge on any atom is -0.396 e. The first-order valence-electron chi connectivity index (χ1n) is 8.72. The standard InChI is InChI=1S/C16H27N5O2/c22-9-1-7-17-14-19-13(16-5-3-12(11-16)4-6-16)20-15(21-14)18-8-2-10-23/h12,22-23H,1-11H2,(H2,17,18,19,20,21). The van der Waals surface area contributed by atoms with Crippen LogP contribution in [0.25, 0.3) is 0 Å². The van der Waals surface area contributed by atoms with Crippen LogP contribution in [0.3, 0.4) is 0 Å². The zero-order valence-electron chi connectivity index (χ0n) is 13.6. The molecular weight excluding hydrogens is 294 g/mol. The molecule has 2 bridgehead atoms. The van der Waals surface area contributed by atoms with E-state index in [1.165, 1.54) is 32.1 Å². The van der Waals surface area contributed by atoms with Crippen molar-refractivity contribution in [2.45, 2.75) is 50.4 Å². The van der Waals surface area contributed by atoms with Gasteiger partial charge in [0.2, 0.25) is 11.9 Å². The summed E-state index contributed by atoms with van der Waals surface area (Å²) in [5, 5.41) is 24.2. The molecular formula is C16H27N5O2. The number of hydrogen-bond donors (Lipinski definition) is 4. The van der Waals surface area contributed by atoms with E-state index in [4.69, 9.17) is 10.2 Å². The molecule has 0 atom stereocenters. The number of nitrogens with one attached hydrogen (secondary N) is 2. The molecule has 3 rings (SSSR count). The van der Waals surface area contributed by atoms with Crippen molar-refractivity contribution >= 4 is 11.9 Å². The molecule has 23 heavy (non-hydrogen) atoms. The van der Waals surface area contributed by atoms with E-state index < -0.39 is 0 Å². The highest BCUT2D eigenvalue weighted by Crippen LogP contribution is 2.54. The van der Waals surface area contributed by atoms with E-state index in [0.717, 1.165) is 11.7 Å². The fourth-order valence-electron chi connectivity index (χ4n) is 3.84. The van der Waals surface area contributed by atoms with Crippen molar-refractivity contribution < 1.29 is 10.2 Å². The van der Waals surface area contributed by atoms with Crippen molar-refractivity contribution in [3.8, 4) is 0 Å². The largest absolute Gasteiger partial charge is 0.396 e. The Bertz CT molecular complexity index is 489. The van der Waals surface area contributed by atoms with Crippen LogP contribution >= 0.6 is 0 Å². The molecule has 1 aromatic heterocycles. The summed E-state index contributed by atoms with van der Waals surface area (Å²) in [5.74, 6) is 2.91. The van der Waals surface area contributed by atoms with Gasteiger partial charge < -0.3 is 20.8 Å². The first-order valence-corrected chi connectivity index (χ1v) is 8.72. The second kappa shape index (κ2) is 7.40. The van der Waals surface area contributed by atoms with Gasteiger partial charge >= 0.3 is 0 Å². The minimum atomic E-state index is 0.133. The third-order valence-electron chi connectivity index (χ3n) is 5.09. The topological polar surface area (TPSA) is 103 Å². The van der Waals surface area contributed by atoms with Crippen molar-refractivity contribution in [1.82, 2.24) is 15.0 Å². The van der Waals surface area contributed by atoms with Gasteiger partial charge in [-0.1, -0.05) is 0 Å². The van der Waals surface area contributed by atoms with Gasteiger partial charge in [-0.3, -0.25) is 0 Å². The quantitative estimate of drug-likeness (QED) is 0.508. The lowest BCUT2D eigenvalue weighted by atomic mass is 9.83. The highest BCUT2D eigenvalue weighted by atomic mass is 16.3. The molecule has 4 N–H and O–H groups in total. The summed E-state index contributed by atoms with van der Waals surface area (Å²) in [4.78, 5) is 13.8. The van der Waals surface area contributed by atoms with Crippen molar-refractivity contribution in [2.24, 2.45) is 5.92 Å². The van der Waals surface area contributed by atoms with E-state index in [9.17, 15) is 0 Å². The maximum atomic E-state index is 8.92. The molecule has 0 spiro atoms. The zero-order valence-corrected chi connectivity index (χ0v) is 13.6. The number of aromatic nitrogens is 3. The van der Waals surface area contributed by atoms with E-state index in [0.29, 0.717) is 37.8 Å². The third kappa shape index (κ3) is 3.72. The van der Waals surface area contributed by atoms with E-state index >= 15 is 0 Å². The fourth-order valence-corrected chi connectivity index (χ4v) is 3.84. The summed E-state index contributed by atoms with van der Waals surface area (Å²) in [5.41, 5.74) is 0.133. The molecule has 0 amide bonds. The second-order valence-electron chi connectivity index (χ2n) is 6.74. The van der Waals surface area contributed by atoms with Gasteiger partial charge in [0.15, 0.2) is 0 Å². The molecule has 1 aromatic rings. The van der Waals surface area contributed by atoms with Crippen molar-refractivity contribution in [3.05, 3.63) is 5.82 Å². The van der Waals surface area contributed by atoms with E-state index in [-0.39, 0.29) is 18.6 Å². The Balaban J connectivity index is 1.79. The average Bonchev–Trinajstić information content (AvgIpc) is 3.18. The lowest BCUT2D eigenvalue weighted by Gasteiger charge is -2.25. The SMILES string of the molecule is OCCCNc1nc(NCCCO)nc(C23CCC(CC2)C3)n1. The number of hydrogen-bond acceptors (Lipinski definition) is 7. The van der Waals surface area contributed by atoms with Gasteiger partial charge in [-0.05, 0) is 50.9 Å². The van der Waals surface area contributed by atoms with Gasteiger partial charge in [-0.2, -0.15) is 15.0 Å². The average molecular weight is 321 g/mol. The number of anilines is 2. The summed E-state index contributed by atoms with van der Waals surface area (Å²) in [6.07, 6.45) is 7.45. The molecule has 2 aliphatic carbocycles. The maximum Gasteiger partial charge on any atom is 0.227 e. The Labute approximate surface area is 137 Å². The molecule has 7 nitrogen and oxygen atoms in total. The highest BCUT2D eigenvalue weighted by molar-refractivity contribution is 5.36. The van der Waals surface area contributed by atoms with Crippen molar-refractivity contribution in [1.29, 1.82) is 0 Å². The van der Waals surface area contributed by atoms with E-state index in [1.807, 2.05) is 0 Å². The molecule has 2 saturated carbocycles. The molecule has 2 fully saturated rings. The van der Waals surface area contributed by atoms with E-state index in [1.54, 1.807) is 0 Å². The lowest BCUT2D eigenvalue weighted by Crippen LogP contribution is -2.25. The van der Waals surface area contributed by atoms with Gasteiger partial charge in [0.1, 0.15) is 5.82 Å². The fraction of sp³-hybridized carbons (Fsp3) is 0.812. The van der Waals surface area contributed by atoms with Crippen LogP contribution in [0, 0.1) is 5.92 Å². The molecule has 128 valence electrons. The lowest BCUT2D eigenvalue weighted by molar-refractivity contribution is 0.292. The van der Waals surface area contributed by atoms with Crippen LogP contribution in [-0.4, -0.2) is 51.5 Å². The number of nitrogens with zero attached hydrogens (tertiary/aromatic N) is 3. The second-order valence-corrected chi connectivity index (χ2v) is 6.74. The predicted octanol–water partition coefficient (Wildman–Crippen LogP) is 1.29. The number of rotatable bonds is 9. The monoisotopic (exact) mass is 321 g/mol. The Morgan fingerprint density at radius 2 is 1.48 bits per heavy atom. The van der Waals surface area contributed by atoms with E-state index in [2.05, 4.69) is 25.6 Å². The Kier molecular flexibility index (Phi) is 5.27. The Hall–Kier alpha value is -1.47. The van der Waals surface area contributed by atoms with Gasteiger partial charge in [-0.15, -0.1) is 0 Å². The number of aliphatic hydroxyl groups is 2. The molecule has 0 unspecified atom stereocenters. The molecule has 0 aliphatic heterocycles. The first kappa shape index (κ1) is 16.4. The Morgan fingerprint density at radius 3 is 1.91 bits per heavy atom. The van der Waals surface area contributed by atoms with Gasteiger partial charge in [-0.25, -0.2) is 0 Å². The summed E-state index contributed by atoms with van der Waals surface area (Å²) >= 11 is 0. The molecule has 0 aromatic carbocycles. The summed E-state index contributed by atoms with van der Waals surface area (Å²) < 4.78 is 0. The zero-order chi connectivity index (χ0) is 16.1. The van der Waals surface area contributed by atoms with Gasteiger partial charge in [0.25, 0.3) is 0 Å². The van der Waals surface area contributed by atoms with Crippen LogP contribution in [0.5, 0.6) is 0 Å². The molecule has 1 heterocycles. The van der Waals surface area contributed by atoms with Crippen LogP contribution < -0.4 is 10.6 Å². The van der Waals surface area contributed by atoms with Crippen molar-refractivity contribution in [3.63, 3.8) is 0 Å². The van der Waals surface area contributed by atoms with Gasteiger partial charge in [0, 0.05) is 31.7 Å². The third-order valence-corrected chi connectivity index (χ3v) is 5.09. The Morgan fingerprint density at radius 1 is 0.913 bits per heavy atom. The molecule has 2 aliphatic rings. The minimum absolute atomic E-state index is 0.133. The number of fused-ring (bicyclic) bond motifs is 2. The van der Waals surface area contributed by atoms with Crippen LogP contribution in [0.2, 0.25) is 0 Å². The maximum absolute atomic E-state index is 8.92. The van der Waals surface area contributed by atoms with Gasteiger partial charge in [0.05, 0.1) is 0 Å². The normalized spacial score (nSPS) is 25.7. The van der Waals surface area contributed by atoms with Crippen LogP contribution in [0.1, 0.15) is 50.8 Å². The van der Waals surface area contributed by atoms with Crippen LogP contribution in [0.15, 0.2) is 0 Å². The first-order chi connectivity index (χ1) is 11.3. The molecule has 0 saturated heterocycles. The highest BCUT2D eigenvalue weighted by Gasteiger charge is 2.48. The molecule has 0 radical (unpaired) electrons. The smallest absolute Gasteiger partial charge is 0.227 e. The van der Waals surface area contributed by atoms with Crippen LogP contribution in [-0.2, 0) is 5.41 Å². The molecule has 7 heteroatoms. The summed E-state index contributed by atoms with van der Waals surface area (Å²) in [7, 11) is 0. The number of aliphatic hydroxyl groups excluding tert-OH is 2. The summed E-state index contributed by atoms with van der Waals surface area (Å²) in [6.45, 7) is 1.59. The van der Waals surface area contributed by atoms with Crippen molar-refractivity contribution in [2.75, 3.05) is 36.9 Å². The predicted molar refractivity (Wildman–Crippen MR) is 88.5 cm³/mol. The van der Waals surface area contributed by atoms with Crippen LogP contribution in [0.4, 0.5) is 11.9 Å².